The van der Waals surface area contributed by atoms with E-state index >= 15 is 0 Å². The summed E-state index contributed by atoms with van der Waals surface area (Å²) in [6.45, 7) is 4.52. The number of ether oxygens (including phenoxy) is 1. The predicted octanol–water partition coefficient (Wildman–Crippen LogP) is 1.39. The molecule has 1 fully saturated rings. The first kappa shape index (κ1) is 17.6. The second kappa shape index (κ2) is 9.35. The molecule has 4 nitrogen and oxygen atoms in total. The molecule has 0 aliphatic carbocycles. The minimum Gasteiger partial charge on any atom is -0.370 e. The van der Waals surface area contributed by atoms with Crippen LogP contribution in [0.15, 0.2) is 60.7 Å². The van der Waals surface area contributed by atoms with Crippen molar-refractivity contribution in [3.8, 4) is 0 Å². The van der Waals surface area contributed by atoms with Crippen LogP contribution in [0.2, 0.25) is 0 Å². The highest BCUT2D eigenvalue weighted by atomic mass is 16.5. The van der Waals surface area contributed by atoms with E-state index in [1.54, 1.807) is 0 Å². The maximum absolute atomic E-state index is 12.5. The summed E-state index contributed by atoms with van der Waals surface area (Å²) in [4.78, 5) is 14.0. The Labute approximate surface area is 149 Å². The van der Waals surface area contributed by atoms with Crippen molar-refractivity contribution in [2.24, 2.45) is 0 Å². The zero-order valence-electron chi connectivity index (χ0n) is 14.6. The molecule has 3 rings (SSSR count). The molecule has 0 spiro atoms. The highest BCUT2D eigenvalue weighted by molar-refractivity contribution is 5.76. The number of hydrogen-bond acceptors (Lipinski definition) is 2. The fourth-order valence-corrected chi connectivity index (χ4v) is 3.26. The van der Waals surface area contributed by atoms with Crippen molar-refractivity contribution in [1.29, 1.82) is 0 Å². The monoisotopic (exact) mass is 339 g/mol. The highest BCUT2D eigenvalue weighted by Crippen LogP contribution is 2.12. The van der Waals surface area contributed by atoms with Crippen LogP contribution in [0.3, 0.4) is 0 Å². The first-order valence-corrected chi connectivity index (χ1v) is 9.11. The lowest BCUT2D eigenvalue weighted by atomic mass is 10.0. The van der Waals surface area contributed by atoms with E-state index in [1.165, 1.54) is 16.0 Å². The zero-order chi connectivity index (χ0) is 17.3. The van der Waals surface area contributed by atoms with E-state index in [0.717, 1.165) is 39.3 Å². The maximum Gasteiger partial charge on any atom is 0.221 e. The van der Waals surface area contributed by atoms with Crippen LogP contribution >= 0.6 is 0 Å². The molecule has 132 valence electrons. The van der Waals surface area contributed by atoms with E-state index in [9.17, 15) is 4.79 Å². The minimum atomic E-state index is 0.0533. The number of carbonyl (C=O) groups is 1. The standard InChI is InChI=1S/C21H26N2O2/c24-21(12-11-18-7-3-1-4-8-18)22-20(19-9-5-2-6-10-19)17-23-13-15-25-16-14-23/h1-10,20H,11-17H2,(H,22,24)/p+1/t20-/m0/s1. The number of rotatable bonds is 7. The van der Waals surface area contributed by atoms with Crippen molar-refractivity contribution >= 4 is 5.91 Å². The third kappa shape index (κ3) is 5.69. The van der Waals surface area contributed by atoms with Crippen molar-refractivity contribution in [3.63, 3.8) is 0 Å². The molecule has 1 aliphatic rings. The number of benzene rings is 2. The SMILES string of the molecule is O=C(CCc1ccccc1)N[C@@H](C[NH+]1CCOCC1)c1ccccc1. The Balaban J connectivity index is 1.59. The number of carbonyl (C=O) groups excluding carboxylic acids is 1. The average Bonchev–Trinajstić information content (AvgIpc) is 2.68. The molecule has 4 heteroatoms. The van der Waals surface area contributed by atoms with E-state index in [1.807, 2.05) is 36.4 Å². The van der Waals surface area contributed by atoms with Crippen molar-refractivity contribution in [1.82, 2.24) is 5.32 Å². The lowest BCUT2D eigenvalue weighted by molar-refractivity contribution is -0.909. The zero-order valence-corrected chi connectivity index (χ0v) is 14.6. The summed E-state index contributed by atoms with van der Waals surface area (Å²) in [6.07, 6.45) is 1.30. The Kier molecular flexibility index (Phi) is 6.60. The third-order valence-electron chi connectivity index (χ3n) is 4.71. The molecule has 1 saturated heterocycles. The smallest absolute Gasteiger partial charge is 0.221 e. The molecule has 2 aromatic carbocycles. The van der Waals surface area contributed by atoms with Gasteiger partial charge in [-0.05, 0) is 17.5 Å². The summed E-state index contributed by atoms with van der Waals surface area (Å²) in [5, 5.41) is 3.25. The van der Waals surface area contributed by atoms with Crippen LogP contribution in [-0.4, -0.2) is 38.8 Å². The van der Waals surface area contributed by atoms with Gasteiger partial charge in [-0.15, -0.1) is 0 Å². The molecular formula is C21H27N2O2+. The van der Waals surface area contributed by atoms with E-state index < -0.39 is 0 Å². The molecule has 25 heavy (non-hydrogen) atoms. The fraction of sp³-hybridized carbons (Fsp3) is 0.381. The first-order valence-electron chi connectivity index (χ1n) is 9.11. The molecule has 1 heterocycles. The van der Waals surface area contributed by atoms with Gasteiger partial charge in [0.2, 0.25) is 5.91 Å². The van der Waals surface area contributed by atoms with E-state index in [2.05, 4.69) is 29.6 Å². The van der Waals surface area contributed by atoms with E-state index in [0.29, 0.717) is 6.42 Å². The van der Waals surface area contributed by atoms with Crippen molar-refractivity contribution in [2.45, 2.75) is 18.9 Å². The molecule has 0 radical (unpaired) electrons. The quantitative estimate of drug-likeness (QED) is 0.801. The Bertz CT molecular complexity index is 639. The Morgan fingerprint density at radius 3 is 2.32 bits per heavy atom. The van der Waals surface area contributed by atoms with Gasteiger partial charge in [-0.1, -0.05) is 60.7 Å². The lowest BCUT2D eigenvalue weighted by Crippen LogP contribution is -3.14. The van der Waals surface area contributed by atoms with Crippen molar-refractivity contribution in [2.75, 3.05) is 32.8 Å². The molecule has 0 aromatic heterocycles. The number of hydrogen-bond donors (Lipinski definition) is 2. The second-order valence-electron chi connectivity index (χ2n) is 6.58. The van der Waals surface area contributed by atoms with Gasteiger partial charge in [0.05, 0.1) is 13.2 Å². The number of quaternary nitrogens is 1. The summed E-state index contributed by atoms with van der Waals surface area (Å²) in [5.74, 6) is 0.116. The normalized spacial score (nSPS) is 16.3. The molecular weight excluding hydrogens is 312 g/mol. The molecule has 1 aliphatic heterocycles. The number of amides is 1. The summed E-state index contributed by atoms with van der Waals surface area (Å²) in [5.41, 5.74) is 2.38. The van der Waals surface area contributed by atoms with Gasteiger partial charge in [-0.2, -0.15) is 0 Å². The predicted molar refractivity (Wildman–Crippen MR) is 98.5 cm³/mol. The molecule has 0 bridgehead atoms. The second-order valence-corrected chi connectivity index (χ2v) is 6.58. The number of aryl methyl sites for hydroxylation is 1. The molecule has 0 saturated carbocycles. The van der Waals surface area contributed by atoms with E-state index in [4.69, 9.17) is 4.74 Å². The van der Waals surface area contributed by atoms with Crippen LogP contribution in [-0.2, 0) is 16.0 Å². The summed E-state index contributed by atoms with van der Waals surface area (Å²) in [6, 6.07) is 20.5. The van der Waals surface area contributed by atoms with Crippen LogP contribution in [0.4, 0.5) is 0 Å². The lowest BCUT2D eigenvalue weighted by Gasteiger charge is -2.28. The van der Waals surface area contributed by atoms with Crippen LogP contribution in [0.5, 0.6) is 0 Å². The van der Waals surface area contributed by atoms with Crippen LogP contribution in [0, 0.1) is 0 Å². The summed E-state index contributed by atoms with van der Waals surface area (Å²) >= 11 is 0. The Hall–Kier alpha value is -2.17. The number of morpholine rings is 1. The van der Waals surface area contributed by atoms with Gasteiger partial charge in [-0.3, -0.25) is 4.79 Å². The molecule has 1 atom stereocenters. The van der Waals surface area contributed by atoms with Gasteiger partial charge in [0.15, 0.2) is 0 Å². The van der Waals surface area contributed by atoms with Gasteiger partial charge in [-0.25, -0.2) is 0 Å². The maximum atomic E-state index is 12.5. The molecule has 2 aromatic rings. The topological polar surface area (TPSA) is 42.8 Å². The summed E-state index contributed by atoms with van der Waals surface area (Å²) in [7, 11) is 0. The van der Waals surface area contributed by atoms with Gasteiger partial charge in [0.25, 0.3) is 0 Å². The van der Waals surface area contributed by atoms with Crippen LogP contribution in [0.1, 0.15) is 23.6 Å². The van der Waals surface area contributed by atoms with Crippen molar-refractivity contribution in [3.05, 3.63) is 71.8 Å². The third-order valence-corrected chi connectivity index (χ3v) is 4.71. The molecule has 1 amide bonds. The van der Waals surface area contributed by atoms with Crippen LogP contribution in [0.25, 0.3) is 0 Å². The molecule has 2 N–H and O–H groups in total. The first-order chi connectivity index (χ1) is 12.3. The Morgan fingerprint density at radius 1 is 1.00 bits per heavy atom. The molecule has 0 unspecified atom stereocenters. The van der Waals surface area contributed by atoms with Gasteiger partial charge in [0.1, 0.15) is 25.7 Å². The highest BCUT2D eigenvalue weighted by Gasteiger charge is 2.22. The van der Waals surface area contributed by atoms with E-state index in [-0.39, 0.29) is 11.9 Å². The Morgan fingerprint density at radius 2 is 1.64 bits per heavy atom. The van der Waals surface area contributed by atoms with Gasteiger partial charge >= 0.3 is 0 Å². The van der Waals surface area contributed by atoms with Gasteiger partial charge in [0, 0.05) is 6.42 Å². The minimum absolute atomic E-state index is 0.0533. The summed E-state index contributed by atoms with van der Waals surface area (Å²) < 4.78 is 5.45. The number of nitrogens with one attached hydrogen (secondary N) is 2. The largest absolute Gasteiger partial charge is 0.370 e. The van der Waals surface area contributed by atoms with Crippen LogP contribution < -0.4 is 10.2 Å². The van der Waals surface area contributed by atoms with Crippen molar-refractivity contribution < 1.29 is 14.4 Å². The average molecular weight is 339 g/mol. The fourth-order valence-electron chi connectivity index (χ4n) is 3.26. The van der Waals surface area contributed by atoms with Gasteiger partial charge < -0.3 is 15.0 Å².